The second-order valence-electron chi connectivity index (χ2n) is 5.37. The van der Waals surface area contributed by atoms with Crippen LogP contribution in [-0.4, -0.2) is 23.5 Å². The summed E-state index contributed by atoms with van der Waals surface area (Å²) in [6.07, 6.45) is 1.30. The van der Waals surface area contributed by atoms with Gasteiger partial charge in [-0.05, 0) is 30.7 Å². The minimum Gasteiger partial charge on any atom is -0.452 e. The number of amides is 1. The van der Waals surface area contributed by atoms with Crippen molar-refractivity contribution >= 4 is 23.0 Å². The molecule has 1 aromatic heterocycles. The van der Waals surface area contributed by atoms with E-state index in [4.69, 9.17) is 9.15 Å². The first-order valence-electron chi connectivity index (χ1n) is 7.44. The van der Waals surface area contributed by atoms with Crippen LogP contribution in [0.4, 0.5) is 0 Å². The maximum atomic E-state index is 12.0. The van der Waals surface area contributed by atoms with Crippen LogP contribution in [0.15, 0.2) is 53.3 Å². The highest BCUT2D eigenvalue weighted by molar-refractivity contribution is 5.94. The molecule has 122 valence electrons. The number of ether oxygens (including phenoxy) is 1. The molecule has 3 rings (SSSR count). The summed E-state index contributed by atoms with van der Waals surface area (Å²) in [6, 6.07) is 12.6. The van der Waals surface area contributed by atoms with E-state index in [1.807, 2.05) is 31.2 Å². The molecule has 0 spiro atoms. The van der Waals surface area contributed by atoms with Gasteiger partial charge in [-0.15, -0.1) is 0 Å². The third kappa shape index (κ3) is 3.78. The fourth-order valence-corrected chi connectivity index (χ4v) is 2.15. The molecular weight excluding hydrogens is 308 g/mol. The second kappa shape index (κ2) is 6.95. The lowest BCUT2D eigenvalue weighted by molar-refractivity contribution is -0.124. The van der Waals surface area contributed by atoms with Crippen LogP contribution in [0.3, 0.4) is 0 Å². The number of oxazole rings is 1. The molecule has 0 bridgehead atoms. The van der Waals surface area contributed by atoms with Crippen molar-refractivity contribution in [1.82, 2.24) is 10.3 Å². The lowest BCUT2D eigenvalue weighted by atomic mass is 10.1. The van der Waals surface area contributed by atoms with Gasteiger partial charge in [0.1, 0.15) is 5.52 Å². The Hall–Kier alpha value is -3.15. The molecular formula is C18H16N2O4. The summed E-state index contributed by atoms with van der Waals surface area (Å²) in [7, 11) is 0. The van der Waals surface area contributed by atoms with Gasteiger partial charge in [0.05, 0.1) is 5.56 Å². The van der Waals surface area contributed by atoms with E-state index in [1.54, 1.807) is 12.1 Å². The van der Waals surface area contributed by atoms with Crippen molar-refractivity contribution in [2.24, 2.45) is 0 Å². The van der Waals surface area contributed by atoms with Crippen molar-refractivity contribution in [2.75, 3.05) is 6.61 Å². The Labute approximate surface area is 138 Å². The normalized spacial score (nSPS) is 10.5. The molecule has 0 radical (unpaired) electrons. The Morgan fingerprint density at radius 2 is 1.96 bits per heavy atom. The van der Waals surface area contributed by atoms with E-state index in [1.165, 1.54) is 12.5 Å². The van der Waals surface area contributed by atoms with E-state index in [0.29, 0.717) is 23.2 Å². The van der Waals surface area contributed by atoms with Gasteiger partial charge in [0.25, 0.3) is 5.91 Å². The first-order valence-corrected chi connectivity index (χ1v) is 7.44. The van der Waals surface area contributed by atoms with Gasteiger partial charge in [0.2, 0.25) is 0 Å². The molecule has 6 heteroatoms. The quantitative estimate of drug-likeness (QED) is 0.730. The minimum atomic E-state index is -0.584. The maximum absolute atomic E-state index is 12.0. The van der Waals surface area contributed by atoms with Crippen molar-refractivity contribution in [2.45, 2.75) is 13.5 Å². The van der Waals surface area contributed by atoms with Gasteiger partial charge in [-0.1, -0.05) is 29.8 Å². The summed E-state index contributed by atoms with van der Waals surface area (Å²) in [5, 5.41) is 2.71. The number of aryl methyl sites for hydroxylation is 1. The van der Waals surface area contributed by atoms with Crippen LogP contribution in [0.1, 0.15) is 21.5 Å². The molecule has 24 heavy (non-hydrogen) atoms. The predicted molar refractivity (Wildman–Crippen MR) is 87.3 cm³/mol. The molecule has 0 aliphatic carbocycles. The Morgan fingerprint density at radius 3 is 2.75 bits per heavy atom. The van der Waals surface area contributed by atoms with E-state index in [9.17, 15) is 9.59 Å². The molecule has 6 nitrogen and oxygen atoms in total. The SMILES string of the molecule is Cc1ccc(CNC(=O)COC(=O)c2ccc3ncoc3c2)cc1. The van der Waals surface area contributed by atoms with Gasteiger partial charge < -0.3 is 14.5 Å². The zero-order chi connectivity index (χ0) is 16.9. The topological polar surface area (TPSA) is 81.4 Å². The van der Waals surface area contributed by atoms with Gasteiger partial charge in [0.15, 0.2) is 18.6 Å². The average Bonchev–Trinajstić information content (AvgIpc) is 3.06. The van der Waals surface area contributed by atoms with Gasteiger partial charge >= 0.3 is 5.97 Å². The number of aromatic nitrogens is 1. The van der Waals surface area contributed by atoms with Crippen molar-refractivity contribution in [3.05, 3.63) is 65.5 Å². The van der Waals surface area contributed by atoms with Crippen LogP contribution in [-0.2, 0) is 16.1 Å². The number of hydrogen-bond donors (Lipinski definition) is 1. The number of benzene rings is 2. The number of nitrogens with zero attached hydrogens (tertiary/aromatic N) is 1. The Bertz CT molecular complexity index is 868. The third-order valence-corrected chi connectivity index (χ3v) is 3.51. The third-order valence-electron chi connectivity index (χ3n) is 3.51. The standard InChI is InChI=1S/C18H16N2O4/c1-12-2-4-13(5-3-12)9-19-17(21)10-23-18(22)14-6-7-15-16(8-14)24-11-20-15/h2-8,11H,9-10H2,1H3,(H,19,21). The largest absolute Gasteiger partial charge is 0.452 e. The highest BCUT2D eigenvalue weighted by Crippen LogP contribution is 2.14. The first-order chi connectivity index (χ1) is 11.6. The molecule has 0 atom stereocenters. The van der Waals surface area contributed by atoms with Crippen molar-refractivity contribution < 1.29 is 18.7 Å². The molecule has 1 amide bonds. The summed E-state index contributed by atoms with van der Waals surface area (Å²) in [6.45, 7) is 2.05. The second-order valence-corrected chi connectivity index (χ2v) is 5.37. The highest BCUT2D eigenvalue weighted by Gasteiger charge is 2.12. The number of esters is 1. The molecule has 2 aromatic carbocycles. The van der Waals surface area contributed by atoms with Crippen LogP contribution in [0.2, 0.25) is 0 Å². The molecule has 0 saturated carbocycles. The minimum absolute atomic E-state index is 0.311. The van der Waals surface area contributed by atoms with Crippen molar-refractivity contribution in [1.29, 1.82) is 0 Å². The smallest absolute Gasteiger partial charge is 0.338 e. The van der Waals surface area contributed by atoms with Gasteiger partial charge in [-0.3, -0.25) is 4.79 Å². The van der Waals surface area contributed by atoms with Crippen LogP contribution in [0.25, 0.3) is 11.1 Å². The lowest BCUT2D eigenvalue weighted by Gasteiger charge is -2.07. The molecule has 0 fully saturated rings. The van der Waals surface area contributed by atoms with Crippen molar-refractivity contribution in [3.63, 3.8) is 0 Å². The van der Waals surface area contributed by atoms with Crippen LogP contribution in [0, 0.1) is 6.92 Å². The number of rotatable bonds is 5. The Kier molecular flexibility index (Phi) is 4.56. The summed E-state index contributed by atoms with van der Waals surface area (Å²) in [5.74, 6) is -0.941. The van der Waals surface area contributed by atoms with E-state index in [0.717, 1.165) is 11.1 Å². The number of carbonyl (C=O) groups is 2. The Balaban J connectivity index is 1.49. The summed E-state index contributed by atoms with van der Waals surface area (Å²) >= 11 is 0. The summed E-state index contributed by atoms with van der Waals surface area (Å²) in [4.78, 5) is 27.7. The number of fused-ring (bicyclic) bond motifs is 1. The summed E-state index contributed by atoms with van der Waals surface area (Å²) < 4.78 is 10.1. The van der Waals surface area contributed by atoms with E-state index < -0.39 is 5.97 Å². The zero-order valence-corrected chi connectivity index (χ0v) is 13.1. The molecule has 1 N–H and O–H groups in total. The Morgan fingerprint density at radius 1 is 1.17 bits per heavy atom. The zero-order valence-electron chi connectivity index (χ0n) is 13.1. The molecule has 0 aliphatic heterocycles. The molecule has 0 unspecified atom stereocenters. The molecule has 3 aromatic rings. The van der Waals surface area contributed by atoms with Crippen molar-refractivity contribution in [3.8, 4) is 0 Å². The van der Waals surface area contributed by atoms with E-state index in [2.05, 4.69) is 10.3 Å². The summed E-state index contributed by atoms with van der Waals surface area (Å²) in [5.41, 5.74) is 3.60. The van der Waals surface area contributed by atoms with Crippen LogP contribution in [0.5, 0.6) is 0 Å². The van der Waals surface area contributed by atoms with E-state index in [-0.39, 0.29) is 12.5 Å². The lowest BCUT2D eigenvalue weighted by Crippen LogP contribution is -2.28. The van der Waals surface area contributed by atoms with Gasteiger partial charge in [0, 0.05) is 6.54 Å². The van der Waals surface area contributed by atoms with Gasteiger partial charge in [-0.25, -0.2) is 9.78 Å². The van der Waals surface area contributed by atoms with Crippen LogP contribution < -0.4 is 5.32 Å². The molecule has 1 heterocycles. The fraction of sp³-hybridized carbons (Fsp3) is 0.167. The monoisotopic (exact) mass is 324 g/mol. The molecule has 0 aliphatic rings. The first kappa shape index (κ1) is 15.7. The number of carbonyl (C=O) groups excluding carboxylic acids is 2. The maximum Gasteiger partial charge on any atom is 0.338 e. The average molecular weight is 324 g/mol. The molecule has 0 saturated heterocycles. The van der Waals surface area contributed by atoms with Crippen LogP contribution >= 0.6 is 0 Å². The number of hydrogen-bond acceptors (Lipinski definition) is 5. The fourth-order valence-electron chi connectivity index (χ4n) is 2.15. The highest BCUT2D eigenvalue weighted by atomic mass is 16.5. The number of nitrogens with one attached hydrogen (secondary N) is 1. The van der Waals surface area contributed by atoms with E-state index >= 15 is 0 Å². The van der Waals surface area contributed by atoms with Gasteiger partial charge in [-0.2, -0.15) is 0 Å². The predicted octanol–water partition coefficient (Wildman–Crippen LogP) is 2.61.